The van der Waals surface area contributed by atoms with E-state index >= 15 is 0 Å². The van der Waals surface area contributed by atoms with Gasteiger partial charge in [0.25, 0.3) is 10.1 Å². The molecule has 2 aromatic rings. The van der Waals surface area contributed by atoms with Gasteiger partial charge in [-0.05, 0) is 24.3 Å². The zero-order valence-electron chi connectivity index (χ0n) is 17.3. The minimum absolute atomic E-state index is 0. The third-order valence-electron chi connectivity index (χ3n) is 4.58. The van der Waals surface area contributed by atoms with Crippen molar-refractivity contribution < 1.29 is 60.1 Å². The number of rotatable bonds is 12. The Morgan fingerprint density at radius 1 is 0.788 bits per heavy atom. The summed E-state index contributed by atoms with van der Waals surface area (Å²) in [6.07, 6.45) is 0. The second-order valence-electron chi connectivity index (χ2n) is 7.10. The van der Waals surface area contributed by atoms with Gasteiger partial charge in [-0.2, -0.15) is 8.42 Å². The average molecular weight is 524 g/mol. The Bertz CT molecular complexity index is 1080. The first-order valence-corrected chi connectivity index (χ1v) is 10.8. The Morgan fingerprint density at radius 3 is 1.76 bits per heavy atom. The molecule has 0 fully saturated rings. The molecular weight excluding hydrogens is 500 g/mol. The van der Waals surface area contributed by atoms with Crippen LogP contribution in [0.1, 0.15) is 11.1 Å². The fourth-order valence-electron chi connectivity index (χ4n) is 3.07. The topological polar surface area (TPSA) is 176 Å². The van der Waals surface area contributed by atoms with Gasteiger partial charge in [-0.15, -0.1) is 0 Å². The van der Waals surface area contributed by atoms with Gasteiger partial charge in [0.1, 0.15) is 11.5 Å². The number of nitrogens with zero attached hydrogens (tertiary/aromatic N) is 2. The van der Waals surface area contributed by atoms with Gasteiger partial charge in [0.15, 0.2) is 0 Å². The number of phenolic OH excluding ortho intramolecular Hbond substituents is 2. The van der Waals surface area contributed by atoms with Crippen LogP contribution in [0.3, 0.4) is 0 Å². The van der Waals surface area contributed by atoms with Crippen LogP contribution in [-0.4, -0.2) is 81.3 Å². The van der Waals surface area contributed by atoms with E-state index in [-0.39, 0.29) is 66.9 Å². The molecule has 0 heterocycles. The molecule has 180 valence electrons. The Balaban J connectivity index is 0.00000544. The summed E-state index contributed by atoms with van der Waals surface area (Å²) in [5.41, 5.74) is 0.573. The molecule has 0 aliphatic heterocycles. The van der Waals surface area contributed by atoms with E-state index in [0.717, 1.165) is 18.2 Å². The number of aromatic hydroxyl groups is 2. The first-order chi connectivity index (χ1) is 15.0. The quantitative estimate of drug-likeness (QED) is 0.196. The number of carboxylic acids is 2. The van der Waals surface area contributed by atoms with Crippen LogP contribution in [0, 0.1) is 0 Å². The SMILES string of the molecule is O=C(O)CN(CCN(CC(=O)O)Cc1cc(S(=O)(=O)O)ccc1O)Cc1ccccc1O.[Fe+2]. The van der Waals surface area contributed by atoms with Gasteiger partial charge < -0.3 is 20.4 Å². The van der Waals surface area contributed by atoms with Crippen LogP contribution in [0.4, 0.5) is 0 Å². The summed E-state index contributed by atoms with van der Waals surface area (Å²) in [7, 11) is -4.52. The van der Waals surface area contributed by atoms with Crippen molar-refractivity contribution in [3.63, 3.8) is 0 Å². The van der Waals surface area contributed by atoms with Gasteiger partial charge >= 0.3 is 29.0 Å². The van der Waals surface area contributed by atoms with Gasteiger partial charge in [0, 0.05) is 37.3 Å². The molecule has 0 aromatic heterocycles. The van der Waals surface area contributed by atoms with E-state index < -0.39 is 33.5 Å². The van der Waals surface area contributed by atoms with Crippen LogP contribution in [0.2, 0.25) is 0 Å². The van der Waals surface area contributed by atoms with E-state index in [1.165, 1.54) is 15.9 Å². The largest absolute Gasteiger partial charge is 2.00 e. The Kier molecular flexibility index (Phi) is 10.8. The predicted octanol–water partition coefficient (Wildman–Crippen LogP) is 0.815. The summed E-state index contributed by atoms with van der Waals surface area (Å²) in [6, 6.07) is 9.55. The summed E-state index contributed by atoms with van der Waals surface area (Å²) in [5.74, 6) is -2.58. The zero-order chi connectivity index (χ0) is 23.9. The van der Waals surface area contributed by atoms with Gasteiger partial charge in [-0.3, -0.25) is 23.9 Å². The van der Waals surface area contributed by atoms with Gasteiger partial charge in [-0.1, -0.05) is 18.2 Å². The Morgan fingerprint density at radius 2 is 1.27 bits per heavy atom. The molecule has 0 aliphatic carbocycles. The normalized spacial score (nSPS) is 11.4. The maximum atomic E-state index is 11.4. The number of hydrogen-bond donors (Lipinski definition) is 5. The smallest absolute Gasteiger partial charge is 0.508 e. The van der Waals surface area contributed by atoms with Gasteiger partial charge in [0.2, 0.25) is 0 Å². The van der Waals surface area contributed by atoms with Crippen LogP contribution < -0.4 is 0 Å². The number of para-hydroxylation sites is 1. The molecule has 13 heteroatoms. The molecule has 0 saturated heterocycles. The minimum atomic E-state index is -4.52. The molecule has 0 bridgehead atoms. The summed E-state index contributed by atoms with van der Waals surface area (Å²) in [6.45, 7) is -0.733. The number of hydrogen-bond acceptors (Lipinski definition) is 8. The Labute approximate surface area is 201 Å². The second-order valence-corrected chi connectivity index (χ2v) is 8.52. The van der Waals surface area contributed by atoms with E-state index in [9.17, 15) is 43.0 Å². The molecule has 11 nitrogen and oxygen atoms in total. The molecule has 0 aliphatic rings. The molecule has 2 aromatic carbocycles. The van der Waals surface area contributed by atoms with Crippen molar-refractivity contribution in [1.82, 2.24) is 9.80 Å². The van der Waals surface area contributed by atoms with E-state index in [4.69, 9.17) is 0 Å². The number of carboxylic acid groups (broad SMARTS) is 2. The maximum Gasteiger partial charge on any atom is 2.00 e. The van der Waals surface area contributed by atoms with Crippen molar-refractivity contribution in [3.05, 3.63) is 53.6 Å². The summed E-state index contributed by atoms with van der Waals surface area (Å²) >= 11 is 0. The van der Waals surface area contributed by atoms with Crippen LogP contribution in [0.15, 0.2) is 47.4 Å². The standard InChI is InChI=1S/C20H24N2O9S.Fe/c23-17-4-2-1-3-14(17)10-21(12-19(25)26)7-8-22(13-20(27)28)11-15-9-16(32(29,30)31)5-6-18(15)24;/h1-6,9,23-24H,7-8,10-13H2,(H,25,26)(H,27,28)(H,29,30,31);/q;+2. The third-order valence-corrected chi connectivity index (χ3v) is 5.43. The van der Waals surface area contributed by atoms with Gasteiger partial charge in [0.05, 0.1) is 18.0 Å². The first-order valence-electron chi connectivity index (χ1n) is 9.40. The molecule has 33 heavy (non-hydrogen) atoms. The van der Waals surface area contributed by atoms with E-state index in [1.807, 2.05) is 0 Å². The number of phenols is 2. The van der Waals surface area contributed by atoms with Crippen LogP contribution in [0.5, 0.6) is 11.5 Å². The predicted molar refractivity (Wildman–Crippen MR) is 112 cm³/mol. The summed E-state index contributed by atoms with van der Waals surface area (Å²) < 4.78 is 31.9. The molecular formula is C20H24FeN2O9S+2. The van der Waals surface area contributed by atoms with Crippen molar-refractivity contribution in [2.45, 2.75) is 18.0 Å². The van der Waals surface area contributed by atoms with E-state index in [0.29, 0.717) is 5.56 Å². The molecule has 0 radical (unpaired) electrons. The number of aliphatic carboxylic acids is 2. The van der Waals surface area contributed by atoms with E-state index in [2.05, 4.69) is 0 Å². The number of carbonyl (C=O) groups is 2. The summed E-state index contributed by atoms with van der Waals surface area (Å²) in [4.78, 5) is 25.0. The van der Waals surface area contributed by atoms with E-state index in [1.54, 1.807) is 18.2 Å². The maximum absolute atomic E-state index is 11.4. The molecule has 0 amide bonds. The van der Waals surface area contributed by atoms with Crippen molar-refractivity contribution in [3.8, 4) is 11.5 Å². The van der Waals surface area contributed by atoms with Crippen LogP contribution >= 0.6 is 0 Å². The summed E-state index contributed by atoms with van der Waals surface area (Å²) in [5, 5.41) is 38.4. The van der Waals surface area contributed by atoms with Crippen molar-refractivity contribution in [1.29, 1.82) is 0 Å². The molecule has 2 rings (SSSR count). The van der Waals surface area contributed by atoms with Crippen LogP contribution in [-0.2, 0) is 49.9 Å². The third kappa shape index (κ3) is 9.38. The second kappa shape index (κ2) is 12.5. The minimum Gasteiger partial charge on any atom is -0.508 e. The molecule has 0 spiro atoms. The zero-order valence-corrected chi connectivity index (χ0v) is 19.2. The van der Waals surface area contributed by atoms with Crippen LogP contribution in [0.25, 0.3) is 0 Å². The van der Waals surface area contributed by atoms with Crippen molar-refractivity contribution >= 4 is 22.1 Å². The molecule has 5 N–H and O–H groups in total. The first kappa shape index (κ1) is 28.4. The molecule has 0 atom stereocenters. The monoisotopic (exact) mass is 524 g/mol. The Hall–Kier alpha value is -2.67. The van der Waals surface area contributed by atoms with Crippen molar-refractivity contribution in [2.24, 2.45) is 0 Å². The molecule has 0 unspecified atom stereocenters. The van der Waals surface area contributed by atoms with Gasteiger partial charge in [-0.25, -0.2) is 0 Å². The fourth-order valence-corrected chi connectivity index (χ4v) is 3.60. The fraction of sp³-hybridized carbons (Fsp3) is 0.300. The molecule has 0 saturated carbocycles. The average Bonchev–Trinajstić information content (AvgIpc) is 2.67. The number of benzene rings is 2. The van der Waals surface area contributed by atoms with Crippen molar-refractivity contribution in [2.75, 3.05) is 26.2 Å².